The van der Waals surface area contributed by atoms with E-state index in [0.717, 1.165) is 34.7 Å². The molecule has 8 nitrogen and oxygen atoms in total. The number of alkyl halides is 3. The molecular weight excluding hydrogens is 521 g/mol. The first-order chi connectivity index (χ1) is 19.2. The summed E-state index contributed by atoms with van der Waals surface area (Å²) in [5.74, 6) is 0. The van der Waals surface area contributed by atoms with Gasteiger partial charge in [0.15, 0.2) is 0 Å². The van der Waals surface area contributed by atoms with Crippen molar-refractivity contribution in [1.82, 2.24) is 19.8 Å². The zero-order valence-electron chi connectivity index (χ0n) is 22.4. The van der Waals surface area contributed by atoms with E-state index >= 15 is 0 Å². The number of aryl methyl sites for hydroxylation is 1. The van der Waals surface area contributed by atoms with Crippen LogP contribution in [-0.2, 0) is 19.8 Å². The third-order valence-electron chi connectivity index (χ3n) is 7.26. The highest BCUT2D eigenvalue weighted by Gasteiger charge is 2.42. The molecule has 11 heteroatoms. The number of rotatable bonds is 7. The molecule has 0 bridgehead atoms. The maximum atomic E-state index is 14.1. The summed E-state index contributed by atoms with van der Waals surface area (Å²) in [6, 6.07) is 1.89. The molecule has 0 fully saturated rings. The molecule has 1 N–H and O–H groups in total. The van der Waals surface area contributed by atoms with E-state index in [-0.39, 0.29) is 17.9 Å². The minimum Gasteiger partial charge on any atom is -0.337 e. The minimum atomic E-state index is -4.61. The van der Waals surface area contributed by atoms with Crippen LogP contribution in [0.25, 0.3) is 0 Å². The van der Waals surface area contributed by atoms with Crippen LogP contribution in [0.1, 0.15) is 43.9 Å². The first kappa shape index (κ1) is 27.4. The second-order valence-electron chi connectivity index (χ2n) is 9.87. The number of urea groups is 2. The van der Waals surface area contributed by atoms with E-state index in [9.17, 15) is 22.8 Å². The smallest absolute Gasteiger partial charge is 0.337 e. The van der Waals surface area contributed by atoms with Gasteiger partial charge in [0.2, 0.25) is 0 Å². The fourth-order valence-electron chi connectivity index (χ4n) is 5.09. The monoisotopic (exact) mass is 552 g/mol. The molecule has 0 unspecified atom stereocenters. The van der Waals surface area contributed by atoms with Gasteiger partial charge < -0.3 is 9.88 Å². The molecule has 0 saturated carbocycles. The van der Waals surface area contributed by atoms with Gasteiger partial charge in [0, 0.05) is 44.3 Å². The number of carbonyl (C=O) groups is 2. The van der Waals surface area contributed by atoms with Crippen molar-refractivity contribution in [2.24, 2.45) is 7.05 Å². The number of halogens is 3. The lowest BCUT2D eigenvalue weighted by Gasteiger charge is -2.31. The van der Waals surface area contributed by atoms with Crippen molar-refractivity contribution < 1.29 is 22.8 Å². The average molecular weight is 553 g/mol. The van der Waals surface area contributed by atoms with Crippen LogP contribution in [0.2, 0.25) is 0 Å². The van der Waals surface area contributed by atoms with Crippen molar-refractivity contribution in [2.45, 2.75) is 45.3 Å². The lowest BCUT2D eigenvalue weighted by molar-refractivity contribution is -0.137. The Morgan fingerprint density at radius 2 is 1.82 bits per heavy atom. The number of fused-ring (bicyclic) bond motifs is 1. The fourth-order valence-corrected chi connectivity index (χ4v) is 5.09. The number of hydrogen-bond donors (Lipinski definition) is 1. The first-order valence-corrected chi connectivity index (χ1v) is 13.3. The third-order valence-corrected chi connectivity index (χ3v) is 7.26. The van der Waals surface area contributed by atoms with Crippen LogP contribution in [0, 0.1) is 0 Å². The number of imidazole rings is 1. The van der Waals surface area contributed by atoms with Gasteiger partial charge in [-0.3, -0.25) is 9.80 Å². The van der Waals surface area contributed by atoms with E-state index in [0.29, 0.717) is 43.7 Å². The van der Waals surface area contributed by atoms with E-state index in [4.69, 9.17) is 0 Å². The average Bonchev–Trinajstić information content (AvgIpc) is 3.31. The largest absolute Gasteiger partial charge is 0.416 e. The van der Waals surface area contributed by atoms with Gasteiger partial charge in [0.1, 0.15) is 0 Å². The van der Waals surface area contributed by atoms with Crippen LogP contribution in [-0.4, -0.2) is 39.6 Å². The molecule has 0 spiro atoms. The van der Waals surface area contributed by atoms with Crippen LogP contribution in [0.4, 0.5) is 34.1 Å². The molecule has 1 aromatic carbocycles. The Kier molecular flexibility index (Phi) is 7.66. The third kappa shape index (κ3) is 5.33. The van der Waals surface area contributed by atoms with Gasteiger partial charge in [0.05, 0.1) is 29.0 Å². The van der Waals surface area contributed by atoms with Crippen LogP contribution < -0.4 is 15.1 Å². The van der Waals surface area contributed by atoms with Gasteiger partial charge in [0.25, 0.3) is 0 Å². The lowest BCUT2D eigenvalue weighted by atomic mass is 10.0. The van der Waals surface area contributed by atoms with E-state index in [1.54, 1.807) is 31.6 Å². The fraction of sp³-hybridized carbons (Fsp3) is 0.345. The standard InChI is InChI=1S/C29H31F3N6O2/c1-3-36-25-14-11-21(29(30,31)32)15-26(25)37(22-7-5-4-6-8-22)28(40)38(27(36)39)23-12-9-20(10-13-23)16-33-17-24-18-34-19-35(24)2/h5,7-9,11-12,14-15,18-19,33H,3-4,6,10,13,16-17H2,1-2H3. The molecule has 4 amide bonds. The number of aromatic nitrogens is 2. The second kappa shape index (κ2) is 11.2. The number of nitrogens with one attached hydrogen (secondary N) is 1. The summed E-state index contributed by atoms with van der Waals surface area (Å²) in [4.78, 5) is 35.8. The summed E-state index contributed by atoms with van der Waals surface area (Å²) < 4.78 is 43.1. The first-order valence-electron chi connectivity index (χ1n) is 13.3. The Balaban J connectivity index is 1.49. The number of imide groups is 1. The molecule has 0 saturated heterocycles. The van der Waals surface area contributed by atoms with E-state index in [1.807, 2.05) is 29.8 Å². The highest BCUT2D eigenvalue weighted by Crippen LogP contribution is 2.42. The van der Waals surface area contributed by atoms with Gasteiger partial charge in [-0.15, -0.1) is 0 Å². The van der Waals surface area contributed by atoms with Gasteiger partial charge >= 0.3 is 18.2 Å². The van der Waals surface area contributed by atoms with Crippen LogP contribution >= 0.6 is 0 Å². The molecule has 1 aliphatic heterocycles. The van der Waals surface area contributed by atoms with E-state index in [2.05, 4.69) is 10.3 Å². The van der Waals surface area contributed by atoms with Crippen molar-refractivity contribution in [3.63, 3.8) is 0 Å². The Bertz CT molecular complexity index is 1440. The lowest BCUT2D eigenvalue weighted by Crippen LogP contribution is -2.48. The SMILES string of the molecule is CCN1C(=O)N(C2=CC=C(CNCc3cncn3C)CC2)C(=O)N(C2=CCCC=C2)c2cc(C(F)(F)F)ccc21. The quantitative estimate of drug-likeness (QED) is 0.441. The van der Waals surface area contributed by atoms with Crippen LogP contribution in [0.3, 0.4) is 0 Å². The van der Waals surface area contributed by atoms with Crippen LogP contribution in [0.15, 0.2) is 78.1 Å². The zero-order chi connectivity index (χ0) is 28.4. The minimum absolute atomic E-state index is 0.0299. The van der Waals surface area contributed by atoms with E-state index < -0.39 is 23.8 Å². The van der Waals surface area contributed by atoms with Crippen molar-refractivity contribution in [3.8, 4) is 0 Å². The molecular formula is C29H31F3N6O2. The van der Waals surface area contributed by atoms with Gasteiger partial charge in [-0.2, -0.15) is 13.2 Å². The Labute approximate surface area is 230 Å². The maximum Gasteiger partial charge on any atom is 0.416 e. The van der Waals surface area contributed by atoms with Gasteiger partial charge in [-0.1, -0.05) is 23.8 Å². The van der Waals surface area contributed by atoms with Gasteiger partial charge in [-0.25, -0.2) is 19.5 Å². The highest BCUT2D eigenvalue weighted by atomic mass is 19.4. The summed E-state index contributed by atoms with van der Waals surface area (Å²) in [5.41, 5.74) is 2.50. The number of allylic oxidation sites excluding steroid dienone is 6. The second-order valence-corrected chi connectivity index (χ2v) is 9.87. The molecule has 2 heterocycles. The van der Waals surface area contributed by atoms with Gasteiger partial charge in [-0.05, 0) is 63.0 Å². The number of hydrogen-bond acceptors (Lipinski definition) is 4. The number of anilines is 2. The maximum absolute atomic E-state index is 14.1. The number of carbonyl (C=O) groups excluding carboxylic acids is 2. The van der Waals surface area contributed by atoms with Crippen LogP contribution in [0.5, 0.6) is 0 Å². The predicted octanol–water partition coefficient (Wildman–Crippen LogP) is 6.26. The summed E-state index contributed by atoms with van der Waals surface area (Å²) >= 11 is 0. The number of benzene rings is 1. The number of nitrogens with zero attached hydrogens (tertiary/aromatic N) is 5. The zero-order valence-corrected chi connectivity index (χ0v) is 22.4. The summed E-state index contributed by atoms with van der Waals surface area (Å²) in [6.07, 6.45) is 10.5. The normalized spacial score (nSPS) is 17.9. The number of amides is 4. The Morgan fingerprint density at radius 1 is 1.00 bits per heavy atom. The molecule has 2 aromatic rings. The topological polar surface area (TPSA) is 73.7 Å². The van der Waals surface area contributed by atoms with Crippen molar-refractivity contribution in [2.75, 3.05) is 22.9 Å². The molecule has 0 radical (unpaired) electrons. The Hall–Kier alpha value is -4.12. The molecule has 2 aliphatic carbocycles. The molecule has 210 valence electrons. The van der Waals surface area contributed by atoms with Crippen molar-refractivity contribution in [3.05, 3.63) is 89.3 Å². The molecule has 40 heavy (non-hydrogen) atoms. The highest BCUT2D eigenvalue weighted by molar-refractivity contribution is 6.15. The van der Waals surface area contributed by atoms with Crippen molar-refractivity contribution >= 4 is 23.4 Å². The van der Waals surface area contributed by atoms with E-state index in [1.165, 1.54) is 15.9 Å². The summed E-state index contributed by atoms with van der Waals surface area (Å²) in [5, 5.41) is 3.39. The summed E-state index contributed by atoms with van der Waals surface area (Å²) in [7, 11) is 1.93. The summed E-state index contributed by atoms with van der Waals surface area (Å²) in [6.45, 7) is 3.19. The molecule has 1 aromatic heterocycles. The van der Waals surface area contributed by atoms with Crippen molar-refractivity contribution in [1.29, 1.82) is 0 Å². The molecule has 5 rings (SSSR count). The Morgan fingerprint density at radius 3 is 2.45 bits per heavy atom. The molecule has 3 aliphatic rings. The predicted molar refractivity (Wildman–Crippen MR) is 146 cm³/mol. The molecule has 0 atom stereocenters.